The number of nitrogens with zero attached hydrogens (tertiary/aromatic N) is 2. The molecule has 0 saturated carbocycles. The van der Waals surface area contributed by atoms with Crippen LogP contribution in [0.15, 0.2) is 53.1 Å². The van der Waals surface area contributed by atoms with Gasteiger partial charge in [0.2, 0.25) is 17.6 Å². The Morgan fingerprint density at radius 2 is 1.88 bits per heavy atom. The van der Waals surface area contributed by atoms with Gasteiger partial charge in [0.15, 0.2) is 0 Å². The van der Waals surface area contributed by atoms with E-state index in [0.717, 1.165) is 11.3 Å². The average Bonchev–Trinajstić information content (AvgIpc) is 3.11. The Hall–Kier alpha value is -2.86. The predicted octanol–water partition coefficient (Wildman–Crippen LogP) is 4.36. The standard InChI is InChI=1S/C19H18ClN3O3/c1-2-25-16-9-7-15(8-10-16)21-17(24)11-12-18-22-19(23-26-18)13-3-5-14(20)6-4-13/h3-10H,2,11-12H2,1H3,(H,21,24). The maximum absolute atomic E-state index is 12.1. The summed E-state index contributed by atoms with van der Waals surface area (Å²) in [7, 11) is 0. The summed E-state index contributed by atoms with van der Waals surface area (Å²) in [4.78, 5) is 16.4. The maximum Gasteiger partial charge on any atom is 0.227 e. The number of rotatable bonds is 7. The molecule has 0 aliphatic carbocycles. The van der Waals surface area contributed by atoms with E-state index in [1.807, 2.05) is 31.2 Å². The number of hydrogen-bond acceptors (Lipinski definition) is 5. The first-order valence-electron chi connectivity index (χ1n) is 8.25. The number of benzene rings is 2. The minimum absolute atomic E-state index is 0.125. The Morgan fingerprint density at radius 1 is 1.15 bits per heavy atom. The lowest BCUT2D eigenvalue weighted by Gasteiger charge is -2.06. The third kappa shape index (κ3) is 4.83. The van der Waals surface area contributed by atoms with E-state index in [4.69, 9.17) is 20.9 Å². The van der Waals surface area contributed by atoms with E-state index in [1.165, 1.54) is 0 Å². The highest BCUT2D eigenvalue weighted by atomic mass is 35.5. The molecule has 134 valence electrons. The first kappa shape index (κ1) is 17.9. The zero-order chi connectivity index (χ0) is 18.4. The van der Waals surface area contributed by atoms with Gasteiger partial charge in [0, 0.05) is 29.1 Å². The molecule has 1 N–H and O–H groups in total. The van der Waals surface area contributed by atoms with Crippen LogP contribution in [-0.4, -0.2) is 22.7 Å². The van der Waals surface area contributed by atoms with E-state index in [9.17, 15) is 4.79 Å². The molecule has 0 fully saturated rings. The van der Waals surface area contributed by atoms with Crippen molar-refractivity contribution in [2.75, 3.05) is 11.9 Å². The number of ether oxygens (including phenoxy) is 1. The highest BCUT2D eigenvalue weighted by molar-refractivity contribution is 6.30. The van der Waals surface area contributed by atoms with Gasteiger partial charge in [0.05, 0.1) is 6.61 Å². The molecule has 6 nitrogen and oxygen atoms in total. The van der Waals surface area contributed by atoms with Crippen molar-refractivity contribution in [3.05, 3.63) is 59.4 Å². The molecule has 3 aromatic rings. The Labute approximate surface area is 156 Å². The third-order valence-electron chi connectivity index (χ3n) is 3.59. The summed E-state index contributed by atoms with van der Waals surface area (Å²) < 4.78 is 10.6. The molecule has 0 unspecified atom stereocenters. The first-order valence-corrected chi connectivity index (χ1v) is 8.63. The van der Waals surface area contributed by atoms with E-state index < -0.39 is 0 Å². The van der Waals surface area contributed by atoms with Crippen molar-refractivity contribution in [2.24, 2.45) is 0 Å². The van der Waals surface area contributed by atoms with Crippen LogP contribution in [0.2, 0.25) is 5.02 Å². The van der Waals surface area contributed by atoms with E-state index in [1.54, 1.807) is 24.3 Å². The zero-order valence-electron chi connectivity index (χ0n) is 14.2. The van der Waals surface area contributed by atoms with Gasteiger partial charge in [-0.25, -0.2) is 0 Å². The third-order valence-corrected chi connectivity index (χ3v) is 3.84. The van der Waals surface area contributed by atoms with E-state index in [2.05, 4.69) is 15.5 Å². The summed E-state index contributed by atoms with van der Waals surface area (Å²) in [6.45, 7) is 2.53. The molecule has 0 radical (unpaired) electrons. The minimum atomic E-state index is -0.125. The van der Waals surface area contributed by atoms with Crippen LogP contribution in [0.5, 0.6) is 5.75 Å². The summed E-state index contributed by atoms with van der Waals surface area (Å²) in [5.41, 5.74) is 1.52. The molecular weight excluding hydrogens is 354 g/mol. The lowest BCUT2D eigenvalue weighted by atomic mass is 10.2. The number of halogens is 1. The number of aromatic nitrogens is 2. The topological polar surface area (TPSA) is 77.2 Å². The van der Waals surface area contributed by atoms with E-state index in [-0.39, 0.29) is 12.3 Å². The number of aryl methyl sites for hydroxylation is 1. The van der Waals surface area contributed by atoms with Gasteiger partial charge in [0.25, 0.3) is 0 Å². The van der Waals surface area contributed by atoms with Crippen LogP contribution in [0, 0.1) is 0 Å². The van der Waals surface area contributed by atoms with Crippen LogP contribution < -0.4 is 10.1 Å². The molecule has 3 rings (SSSR count). The molecule has 26 heavy (non-hydrogen) atoms. The number of amides is 1. The lowest BCUT2D eigenvalue weighted by Crippen LogP contribution is -2.12. The highest BCUT2D eigenvalue weighted by Crippen LogP contribution is 2.19. The molecule has 1 heterocycles. The van der Waals surface area contributed by atoms with Gasteiger partial charge in [-0.15, -0.1) is 0 Å². The number of anilines is 1. The fourth-order valence-electron chi connectivity index (χ4n) is 2.32. The summed E-state index contributed by atoms with van der Waals surface area (Å²) in [6, 6.07) is 14.4. The second-order valence-corrected chi connectivity index (χ2v) is 5.96. The van der Waals surface area contributed by atoms with Crippen LogP contribution in [-0.2, 0) is 11.2 Å². The van der Waals surface area contributed by atoms with Crippen molar-refractivity contribution < 1.29 is 14.1 Å². The normalized spacial score (nSPS) is 10.5. The largest absolute Gasteiger partial charge is 0.494 e. The quantitative estimate of drug-likeness (QED) is 0.667. The van der Waals surface area contributed by atoms with Gasteiger partial charge >= 0.3 is 0 Å². The predicted molar refractivity (Wildman–Crippen MR) is 99.3 cm³/mol. The van der Waals surface area contributed by atoms with E-state index >= 15 is 0 Å². The second-order valence-electron chi connectivity index (χ2n) is 5.52. The molecule has 0 aliphatic rings. The molecular formula is C19H18ClN3O3. The van der Waals surface area contributed by atoms with Gasteiger partial charge in [-0.1, -0.05) is 16.8 Å². The van der Waals surface area contributed by atoms with Crippen LogP contribution in [0.4, 0.5) is 5.69 Å². The van der Waals surface area contributed by atoms with E-state index in [0.29, 0.717) is 35.5 Å². The average molecular weight is 372 g/mol. The Balaban J connectivity index is 1.52. The molecule has 0 spiro atoms. The molecule has 0 bridgehead atoms. The lowest BCUT2D eigenvalue weighted by molar-refractivity contribution is -0.116. The van der Waals surface area contributed by atoms with Crippen molar-refractivity contribution in [1.29, 1.82) is 0 Å². The summed E-state index contributed by atoms with van der Waals surface area (Å²) >= 11 is 5.86. The van der Waals surface area contributed by atoms with Gasteiger partial charge in [-0.2, -0.15) is 4.98 Å². The SMILES string of the molecule is CCOc1ccc(NC(=O)CCc2nc(-c3ccc(Cl)cc3)no2)cc1. The van der Waals surface area contributed by atoms with Crippen LogP contribution >= 0.6 is 11.6 Å². The van der Waals surface area contributed by atoms with Gasteiger partial charge in [-0.3, -0.25) is 4.79 Å². The monoisotopic (exact) mass is 371 g/mol. The summed E-state index contributed by atoms with van der Waals surface area (Å²) in [5, 5.41) is 7.40. The second kappa shape index (κ2) is 8.49. The van der Waals surface area contributed by atoms with Crippen molar-refractivity contribution in [3.8, 4) is 17.1 Å². The van der Waals surface area contributed by atoms with Gasteiger partial charge < -0.3 is 14.6 Å². The Bertz CT molecular complexity index is 860. The number of carbonyl (C=O) groups excluding carboxylic acids is 1. The zero-order valence-corrected chi connectivity index (χ0v) is 15.0. The molecule has 0 atom stereocenters. The fraction of sp³-hybridized carbons (Fsp3) is 0.211. The minimum Gasteiger partial charge on any atom is -0.494 e. The Kier molecular flexibility index (Phi) is 5.86. The summed E-state index contributed by atoms with van der Waals surface area (Å²) in [6.07, 6.45) is 0.610. The number of carbonyl (C=O) groups is 1. The molecule has 2 aromatic carbocycles. The van der Waals surface area contributed by atoms with Crippen molar-refractivity contribution in [1.82, 2.24) is 10.1 Å². The highest BCUT2D eigenvalue weighted by Gasteiger charge is 2.11. The van der Waals surface area contributed by atoms with Crippen LogP contribution in [0.1, 0.15) is 19.2 Å². The molecule has 0 saturated heterocycles. The molecule has 0 aliphatic heterocycles. The smallest absolute Gasteiger partial charge is 0.227 e. The fourth-order valence-corrected chi connectivity index (χ4v) is 2.44. The summed E-state index contributed by atoms with van der Waals surface area (Å²) in [5.74, 6) is 1.53. The molecule has 1 aromatic heterocycles. The molecule has 1 amide bonds. The Morgan fingerprint density at radius 3 is 2.58 bits per heavy atom. The number of hydrogen-bond donors (Lipinski definition) is 1. The van der Waals surface area contributed by atoms with Crippen molar-refractivity contribution in [3.63, 3.8) is 0 Å². The van der Waals surface area contributed by atoms with Crippen LogP contribution in [0.25, 0.3) is 11.4 Å². The maximum atomic E-state index is 12.1. The van der Waals surface area contributed by atoms with Crippen LogP contribution in [0.3, 0.4) is 0 Å². The van der Waals surface area contributed by atoms with Crippen molar-refractivity contribution in [2.45, 2.75) is 19.8 Å². The number of nitrogens with one attached hydrogen (secondary N) is 1. The first-order chi connectivity index (χ1) is 12.6. The van der Waals surface area contributed by atoms with Gasteiger partial charge in [-0.05, 0) is 55.5 Å². The molecule has 7 heteroatoms. The van der Waals surface area contributed by atoms with Crippen molar-refractivity contribution >= 4 is 23.2 Å². The van der Waals surface area contributed by atoms with Gasteiger partial charge in [0.1, 0.15) is 5.75 Å².